The molecule has 0 heterocycles. The van der Waals surface area contributed by atoms with Crippen molar-refractivity contribution in [2.24, 2.45) is 0 Å². The van der Waals surface area contributed by atoms with Crippen molar-refractivity contribution in [1.82, 2.24) is 5.32 Å². The van der Waals surface area contributed by atoms with Gasteiger partial charge in [-0.05, 0) is 48.9 Å². The van der Waals surface area contributed by atoms with Crippen LogP contribution in [0.1, 0.15) is 12.5 Å². The molecule has 1 amide bonds. The number of halogens is 2. The molecule has 8 heteroatoms. The van der Waals surface area contributed by atoms with E-state index in [2.05, 4.69) is 5.32 Å². The first-order chi connectivity index (χ1) is 11.7. The SMILES string of the molecule is C[C@H](C(=O)NCc1ccc(F)cc1)N(c1ccc(Cl)cc1)S(C)(=O)=O. The van der Waals surface area contributed by atoms with E-state index >= 15 is 0 Å². The van der Waals surface area contributed by atoms with Gasteiger partial charge in [0, 0.05) is 11.6 Å². The van der Waals surface area contributed by atoms with Crippen molar-refractivity contribution < 1.29 is 17.6 Å². The summed E-state index contributed by atoms with van der Waals surface area (Å²) in [6.07, 6.45) is 1.03. The molecule has 0 radical (unpaired) electrons. The van der Waals surface area contributed by atoms with Crippen molar-refractivity contribution in [3.05, 3.63) is 64.9 Å². The Bertz CT molecular complexity index is 839. The normalized spacial score (nSPS) is 12.5. The van der Waals surface area contributed by atoms with Crippen molar-refractivity contribution in [2.75, 3.05) is 10.6 Å². The van der Waals surface area contributed by atoms with Gasteiger partial charge in [-0.3, -0.25) is 9.10 Å². The molecule has 2 rings (SSSR count). The lowest BCUT2D eigenvalue weighted by atomic mass is 10.2. The van der Waals surface area contributed by atoms with Gasteiger partial charge in [0.15, 0.2) is 0 Å². The summed E-state index contributed by atoms with van der Waals surface area (Å²) >= 11 is 5.83. The second-order valence-corrected chi connectivity index (χ2v) is 7.85. The zero-order valence-corrected chi connectivity index (χ0v) is 15.3. The molecule has 0 saturated heterocycles. The summed E-state index contributed by atoms with van der Waals surface area (Å²) in [5.41, 5.74) is 1.05. The molecule has 0 fully saturated rings. The number of hydrogen-bond acceptors (Lipinski definition) is 3. The number of carbonyl (C=O) groups excluding carboxylic acids is 1. The summed E-state index contributed by atoms with van der Waals surface area (Å²) in [6, 6.07) is 10.9. The van der Waals surface area contributed by atoms with Crippen LogP contribution in [0.5, 0.6) is 0 Å². The van der Waals surface area contributed by atoms with E-state index in [0.29, 0.717) is 16.3 Å². The highest BCUT2D eigenvalue weighted by Gasteiger charge is 2.28. The monoisotopic (exact) mass is 384 g/mol. The van der Waals surface area contributed by atoms with Crippen molar-refractivity contribution >= 4 is 33.2 Å². The summed E-state index contributed by atoms with van der Waals surface area (Å²) in [5, 5.41) is 3.12. The Morgan fingerprint density at radius 1 is 1.16 bits per heavy atom. The van der Waals surface area contributed by atoms with E-state index in [0.717, 1.165) is 10.6 Å². The van der Waals surface area contributed by atoms with Crippen LogP contribution < -0.4 is 9.62 Å². The maximum Gasteiger partial charge on any atom is 0.243 e. The van der Waals surface area contributed by atoms with E-state index in [1.54, 1.807) is 24.3 Å². The number of nitrogens with one attached hydrogen (secondary N) is 1. The summed E-state index contributed by atoms with van der Waals surface area (Å²) in [6.45, 7) is 1.66. The van der Waals surface area contributed by atoms with Gasteiger partial charge in [-0.1, -0.05) is 23.7 Å². The largest absolute Gasteiger partial charge is 0.350 e. The molecule has 0 unspecified atom stereocenters. The summed E-state index contributed by atoms with van der Waals surface area (Å²) in [7, 11) is -3.68. The first-order valence-corrected chi connectivity index (χ1v) is 9.68. The van der Waals surface area contributed by atoms with Crippen molar-refractivity contribution in [3.8, 4) is 0 Å². The van der Waals surface area contributed by atoms with Crippen LogP contribution in [-0.4, -0.2) is 26.6 Å². The number of hydrogen-bond donors (Lipinski definition) is 1. The predicted molar refractivity (Wildman–Crippen MR) is 96.5 cm³/mol. The average molecular weight is 385 g/mol. The molecule has 134 valence electrons. The van der Waals surface area contributed by atoms with Gasteiger partial charge in [-0.25, -0.2) is 12.8 Å². The van der Waals surface area contributed by atoms with Crippen LogP contribution in [0.15, 0.2) is 48.5 Å². The molecule has 25 heavy (non-hydrogen) atoms. The van der Waals surface area contributed by atoms with E-state index < -0.39 is 22.0 Å². The van der Waals surface area contributed by atoms with Crippen LogP contribution in [0.25, 0.3) is 0 Å². The lowest BCUT2D eigenvalue weighted by molar-refractivity contribution is -0.122. The average Bonchev–Trinajstić information content (AvgIpc) is 2.54. The number of amides is 1. The summed E-state index contributed by atoms with van der Waals surface area (Å²) < 4.78 is 38.2. The Labute approximate surface area is 151 Å². The molecule has 2 aromatic rings. The van der Waals surface area contributed by atoms with Crippen molar-refractivity contribution in [3.63, 3.8) is 0 Å². The highest BCUT2D eigenvalue weighted by atomic mass is 35.5. The van der Waals surface area contributed by atoms with E-state index in [1.165, 1.54) is 31.2 Å². The van der Waals surface area contributed by atoms with E-state index in [1.807, 2.05) is 0 Å². The number of nitrogens with zero attached hydrogens (tertiary/aromatic N) is 1. The lowest BCUT2D eigenvalue weighted by Gasteiger charge is -2.28. The van der Waals surface area contributed by atoms with Crippen LogP contribution in [0.3, 0.4) is 0 Å². The van der Waals surface area contributed by atoms with Gasteiger partial charge in [-0.2, -0.15) is 0 Å². The lowest BCUT2D eigenvalue weighted by Crippen LogP contribution is -2.47. The fourth-order valence-electron chi connectivity index (χ4n) is 2.34. The highest BCUT2D eigenvalue weighted by molar-refractivity contribution is 7.92. The molecule has 0 aliphatic heterocycles. The third kappa shape index (κ3) is 5.17. The molecule has 0 spiro atoms. The number of anilines is 1. The Hall–Kier alpha value is -2.12. The van der Waals surface area contributed by atoms with Crippen LogP contribution in [0, 0.1) is 5.82 Å². The molecule has 1 N–H and O–H groups in total. The molecule has 0 aliphatic rings. The molecule has 0 aliphatic carbocycles. The van der Waals surface area contributed by atoms with E-state index in [4.69, 9.17) is 11.6 Å². The zero-order valence-electron chi connectivity index (χ0n) is 13.7. The Balaban J connectivity index is 2.15. The fraction of sp³-hybridized carbons (Fsp3) is 0.235. The first-order valence-electron chi connectivity index (χ1n) is 7.45. The Morgan fingerprint density at radius 3 is 2.24 bits per heavy atom. The highest BCUT2D eigenvalue weighted by Crippen LogP contribution is 2.23. The molecule has 1 atom stereocenters. The fourth-order valence-corrected chi connectivity index (χ4v) is 3.64. The van der Waals surface area contributed by atoms with Gasteiger partial charge < -0.3 is 5.32 Å². The van der Waals surface area contributed by atoms with Crippen molar-refractivity contribution in [2.45, 2.75) is 19.5 Å². The minimum Gasteiger partial charge on any atom is -0.350 e. The molecule has 5 nitrogen and oxygen atoms in total. The Kier molecular flexibility index (Phi) is 6.02. The molecule has 0 bridgehead atoms. The molecule has 0 aromatic heterocycles. The number of rotatable bonds is 6. The topological polar surface area (TPSA) is 66.5 Å². The van der Waals surface area contributed by atoms with Crippen LogP contribution in [0.4, 0.5) is 10.1 Å². The van der Waals surface area contributed by atoms with Crippen LogP contribution in [0.2, 0.25) is 5.02 Å². The third-order valence-corrected chi connectivity index (χ3v) is 5.04. The molecular formula is C17H18ClFN2O3S. The maximum absolute atomic E-state index is 12.9. The molecule has 0 saturated carbocycles. The smallest absolute Gasteiger partial charge is 0.243 e. The first kappa shape index (κ1) is 19.2. The third-order valence-electron chi connectivity index (χ3n) is 3.55. The summed E-state index contributed by atoms with van der Waals surface area (Å²) in [5.74, 6) is -0.834. The Morgan fingerprint density at radius 2 is 1.72 bits per heavy atom. The second kappa shape index (κ2) is 7.84. The van der Waals surface area contributed by atoms with Gasteiger partial charge in [-0.15, -0.1) is 0 Å². The van der Waals surface area contributed by atoms with Gasteiger partial charge in [0.25, 0.3) is 0 Å². The summed E-state index contributed by atoms with van der Waals surface area (Å²) in [4.78, 5) is 12.4. The quantitative estimate of drug-likeness (QED) is 0.832. The van der Waals surface area contributed by atoms with Gasteiger partial charge in [0.1, 0.15) is 11.9 Å². The molecule has 2 aromatic carbocycles. The van der Waals surface area contributed by atoms with Gasteiger partial charge in [0.2, 0.25) is 15.9 Å². The standard InChI is InChI=1S/C17H18ClFN2O3S/c1-12(17(22)20-11-13-3-7-15(19)8-4-13)21(25(2,23)24)16-9-5-14(18)6-10-16/h3-10,12H,11H2,1-2H3,(H,20,22)/t12-/m1/s1. The van der Waals surface area contributed by atoms with E-state index in [9.17, 15) is 17.6 Å². The number of carbonyl (C=O) groups is 1. The minimum atomic E-state index is -3.68. The van der Waals surface area contributed by atoms with Gasteiger partial charge >= 0.3 is 0 Å². The number of benzene rings is 2. The molecular weight excluding hydrogens is 367 g/mol. The van der Waals surface area contributed by atoms with Crippen LogP contribution in [-0.2, 0) is 21.4 Å². The second-order valence-electron chi connectivity index (χ2n) is 5.56. The predicted octanol–water partition coefficient (Wildman–Crippen LogP) is 2.95. The van der Waals surface area contributed by atoms with Gasteiger partial charge in [0.05, 0.1) is 11.9 Å². The number of sulfonamides is 1. The van der Waals surface area contributed by atoms with Crippen molar-refractivity contribution in [1.29, 1.82) is 0 Å². The van der Waals surface area contributed by atoms with E-state index in [-0.39, 0.29) is 12.4 Å². The zero-order chi connectivity index (χ0) is 18.6. The maximum atomic E-state index is 12.9. The van der Waals surface area contributed by atoms with Crippen LogP contribution >= 0.6 is 11.6 Å². The minimum absolute atomic E-state index is 0.168.